The highest BCUT2D eigenvalue weighted by molar-refractivity contribution is 7.89. The molecule has 2 saturated heterocycles. The molecule has 1 aromatic carbocycles. The van der Waals surface area contributed by atoms with Crippen molar-refractivity contribution in [1.82, 2.24) is 14.1 Å². The number of piperazine rings is 1. The number of hydrogen-bond donors (Lipinski definition) is 1. The second kappa shape index (κ2) is 9.59. The van der Waals surface area contributed by atoms with Crippen LogP contribution in [0.3, 0.4) is 0 Å². The van der Waals surface area contributed by atoms with E-state index in [-0.39, 0.29) is 10.6 Å². The van der Waals surface area contributed by atoms with Crippen LogP contribution < -0.4 is 5.32 Å². The molecule has 0 aromatic heterocycles. The molecule has 0 radical (unpaired) electrons. The Hall–Kier alpha value is -1.75. The smallest absolute Gasteiger partial charge is 0.293 e. The second-order valence-corrected chi connectivity index (χ2v) is 10.7. The van der Waals surface area contributed by atoms with E-state index in [0.29, 0.717) is 50.2 Å². The first kappa shape index (κ1) is 22.9. The first-order valence-electron chi connectivity index (χ1n) is 10.6. The summed E-state index contributed by atoms with van der Waals surface area (Å²) >= 11 is 0. The van der Waals surface area contributed by atoms with E-state index in [1.54, 1.807) is 0 Å². The fourth-order valence-corrected chi connectivity index (χ4v) is 5.92. The SMILES string of the molecule is CC1CC(C)CN(CCNc2ccc(S(=O)(=O)N3CCN(C)CC3)cc2[N+](=O)[O-])C1. The van der Waals surface area contributed by atoms with Crippen molar-refractivity contribution in [3.63, 3.8) is 0 Å². The molecule has 0 aliphatic carbocycles. The Bertz CT molecular complexity index is 845. The monoisotopic (exact) mass is 439 g/mol. The third kappa shape index (κ3) is 5.48. The van der Waals surface area contributed by atoms with Crippen LogP contribution in [0, 0.1) is 22.0 Å². The molecule has 1 N–H and O–H groups in total. The van der Waals surface area contributed by atoms with E-state index in [1.165, 1.54) is 28.9 Å². The number of nitro benzene ring substituents is 1. The molecule has 0 saturated carbocycles. The van der Waals surface area contributed by atoms with Crippen molar-refractivity contribution in [2.45, 2.75) is 25.2 Å². The van der Waals surface area contributed by atoms with Crippen LogP contribution in [0.15, 0.2) is 23.1 Å². The molecular weight excluding hydrogens is 406 g/mol. The Labute approximate surface area is 179 Å². The summed E-state index contributed by atoms with van der Waals surface area (Å²) in [6.45, 7) is 10.0. The molecule has 9 nitrogen and oxygen atoms in total. The van der Waals surface area contributed by atoms with Gasteiger partial charge in [-0.3, -0.25) is 10.1 Å². The fraction of sp³-hybridized carbons (Fsp3) is 0.700. The van der Waals surface area contributed by atoms with Crippen LogP contribution in [0.5, 0.6) is 0 Å². The Morgan fingerprint density at radius 3 is 2.37 bits per heavy atom. The molecule has 2 atom stereocenters. The van der Waals surface area contributed by atoms with Gasteiger partial charge < -0.3 is 15.1 Å². The average Bonchev–Trinajstić information content (AvgIpc) is 2.67. The number of nitro groups is 1. The number of anilines is 1. The summed E-state index contributed by atoms with van der Waals surface area (Å²) in [5.74, 6) is 1.31. The Balaban J connectivity index is 1.68. The summed E-state index contributed by atoms with van der Waals surface area (Å²) in [6, 6.07) is 4.16. The van der Waals surface area contributed by atoms with Crippen LogP contribution in [-0.4, -0.2) is 86.9 Å². The van der Waals surface area contributed by atoms with Gasteiger partial charge in [0.1, 0.15) is 5.69 Å². The van der Waals surface area contributed by atoms with Gasteiger partial charge in [-0.1, -0.05) is 13.8 Å². The topological polar surface area (TPSA) is 99.0 Å². The van der Waals surface area contributed by atoms with Gasteiger partial charge in [-0.05, 0) is 37.4 Å². The standard InChI is InChI=1S/C20H33N5O4S/c1-16-12-17(2)15-23(14-16)7-6-21-19-5-4-18(13-20(19)25(26)27)30(28,29)24-10-8-22(3)9-11-24/h4-5,13,16-17,21H,6-12,14-15H2,1-3H3. The minimum atomic E-state index is -3.74. The molecule has 2 unspecified atom stereocenters. The Morgan fingerprint density at radius 1 is 1.13 bits per heavy atom. The van der Waals surface area contributed by atoms with Gasteiger partial charge in [0.25, 0.3) is 5.69 Å². The third-order valence-corrected chi connectivity index (χ3v) is 7.85. The highest BCUT2D eigenvalue weighted by Gasteiger charge is 2.29. The second-order valence-electron chi connectivity index (χ2n) is 8.78. The van der Waals surface area contributed by atoms with E-state index < -0.39 is 14.9 Å². The van der Waals surface area contributed by atoms with Crippen LogP contribution in [0.2, 0.25) is 0 Å². The molecule has 2 aliphatic heterocycles. The van der Waals surface area contributed by atoms with Crippen molar-refractivity contribution in [2.24, 2.45) is 11.8 Å². The third-order valence-electron chi connectivity index (χ3n) is 5.95. The predicted octanol–water partition coefficient (Wildman–Crippen LogP) is 1.92. The van der Waals surface area contributed by atoms with Gasteiger partial charge in [0, 0.05) is 58.4 Å². The van der Waals surface area contributed by atoms with E-state index in [0.717, 1.165) is 19.6 Å². The normalized spacial score (nSPS) is 24.6. The van der Waals surface area contributed by atoms with E-state index >= 15 is 0 Å². The molecule has 0 bridgehead atoms. The van der Waals surface area contributed by atoms with Crippen molar-refractivity contribution in [3.05, 3.63) is 28.3 Å². The number of nitrogens with zero attached hydrogens (tertiary/aromatic N) is 4. The van der Waals surface area contributed by atoms with Crippen molar-refractivity contribution >= 4 is 21.4 Å². The first-order chi connectivity index (χ1) is 14.2. The fourth-order valence-electron chi connectivity index (χ4n) is 4.47. The van der Waals surface area contributed by atoms with Gasteiger partial charge >= 0.3 is 0 Å². The maximum Gasteiger partial charge on any atom is 0.293 e. The molecule has 10 heteroatoms. The molecule has 2 aliphatic rings. The summed E-state index contributed by atoms with van der Waals surface area (Å²) in [5, 5.41) is 14.7. The molecule has 2 heterocycles. The minimum absolute atomic E-state index is 0.0250. The molecule has 1 aromatic rings. The summed E-state index contributed by atoms with van der Waals surface area (Å²) < 4.78 is 27.2. The number of likely N-dealkylation sites (tertiary alicyclic amines) is 1. The lowest BCUT2D eigenvalue weighted by Gasteiger charge is -2.35. The summed E-state index contributed by atoms with van der Waals surface area (Å²) in [7, 11) is -1.80. The molecule has 3 rings (SSSR count). The lowest BCUT2D eigenvalue weighted by molar-refractivity contribution is -0.384. The molecular formula is C20H33N5O4S. The van der Waals surface area contributed by atoms with Crippen LogP contribution in [0.25, 0.3) is 0 Å². The van der Waals surface area contributed by atoms with Gasteiger partial charge in [0.15, 0.2) is 0 Å². The van der Waals surface area contributed by atoms with Crippen LogP contribution >= 0.6 is 0 Å². The lowest BCUT2D eigenvalue weighted by Crippen LogP contribution is -2.47. The summed E-state index contributed by atoms with van der Waals surface area (Å²) in [6.07, 6.45) is 1.23. The zero-order valence-electron chi connectivity index (χ0n) is 18.1. The lowest BCUT2D eigenvalue weighted by atomic mass is 9.92. The van der Waals surface area contributed by atoms with Crippen molar-refractivity contribution in [2.75, 3.05) is 64.7 Å². The van der Waals surface area contributed by atoms with Gasteiger partial charge in [-0.25, -0.2) is 8.42 Å². The molecule has 30 heavy (non-hydrogen) atoms. The zero-order valence-corrected chi connectivity index (χ0v) is 18.9. The number of nitrogens with one attached hydrogen (secondary N) is 1. The first-order valence-corrected chi connectivity index (χ1v) is 12.0. The van der Waals surface area contributed by atoms with E-state index in [1.807, 2.05) is 7.05 Å². The molecule has 0 amide bonds. The number of benzene rings is 1. The van der Waals surface area contributed by atoms with Crippen molar-refractivity contribution in [3.8, 4) is 0 Å². The zero-order chi connectivity index (χ0) is 21.9. The number of hydrogen-bond acceptors (Lipinski definition) is 7. The molecule has 2 fully saturated rings. The predicted molar refractivity (Wildman–Crippen MR) is 117 cm³/mol. The van der Waals surface area contributed by atoms with E-state index in [4.69, 9.17) is 0 Å². The van der Waals surface area contributed by atoms with Crippen LogP contribution in [-0.2, 0) is 10.0 Å². The highest BCUT2D eigenvalue weighted by atomic mass is 32.2. The maximum absolute atomic E-state index is 12.9. The highest BCUT2D eigenvalue weighted by Crippen LogP contribution is 2.29. The number of piperidine rings is 1. The van der Waals surface area contributed by atoms with Gasteiger partial charge in [0.05, 0.1) is 9.82 Å². The minimum Gasteiger partial charge on any atom is -0.378 e. The van der Waals surface area contributed by atoms with E-state index in [2.05, 4.69) is 29.0 Å². The van der Waals surface area contributed by atoms with Crippen molar-refractivity contribution in [1.29, 1.82) is 0 Å². The quantitative estimate of drug-likeness (QED) is 0.512. The molecule has 0 spiro atoms. The van der Waals surface area contributed by atoms with Crippen molar-refractivity contribution < 1.29 is 13.3 Å². The molecule has 168 valence electrons. The average molecular weight is 440 g/mol. The maximum atomic E-state index is 12.9. The van der Waals surface area contributed by atoms with Gasteiger partial charge in [0.2, 0.25) is 10.0 Å². The van der Waals surface area contributed by atoms with Gasteiger partial charge in [-0.15, -0.1) is 0 Å². The van der Waals surface area contributed by atoms with E-state index in [9.17, 15) is 18.5 Å². The van der Waals surface area contributed by atoms with Crippen LogP contribution in [0.1, 0.15) is 20.3 Å². The number of likely N-dealkylation sites (N-methyl/N-ethyl adjacent to an activating group) is 1. The van der Waals surface area contributed by atoms with Gasteiger partial charge in [-0.2, -0.15) is 4.31 Å². The van der Waals surface area contributed by atoms with Crippen LogP contribution in [0.4, 0.5) is 11.4 Å². The Kier molecular flexibility index (Phi) is 7.33. The summed E-state index contributed by atoms with van der Waals surface area (Å²) in [4.78, 5) is 15.5. The number of rotatable bonds is 7. The summed E-state index contributed by atoms with van der Waals surface area (Å²) in [5.41, 5.74) is 0.154. The largest absolute Gasteiger partial charge is 0.378 e. The Morgan fingerprint density at radius 2 is 1.77 bits per heavy atom. The number of sulfonamides is 1.